The molecule has 3 aromatic carbocycles. The van der Waals surface area contributed by atoms with Crippen molar-refractivity contribution in [2.45, 2.75) is 52.2 Å². The number of carbonyl (C=O) groups is 1. The van der Waals surface area contributed by atoms with E-state index in [0.717, 1.165) is 28.8 Å². The second kappa shape index (κ2) is 12.0. The van der Waals surface area contributed by atoms with E-state index < -0.39 is 17.2 Å². The number of anilines is 1. The highest BCUT2D eigenvalue weighted by Gasteiger charge is 2.34. The molecule has 0 N–H and O–H groups in total. The van der Waals surface area contributed by atoms with Crippen LogP contribution in [0, 0.1) is 0 Å². The molecule has 0 spiro atoms. The van der Waals surface area contributed by atoms with E-state index in [1.807, 2.05) is 81.4 Å². The van der Waals surface area contributed by atoms with Crippen molar-refractivity contribution in [2.75, 3.05) is 24.6 Å². The van der Waals surface area contributed by atoms with E-state index in [1.54, 1.807) is 26.0 Å². The van der Waals surface area contributed by atoms with Gasteiger partial charge in [-0.05, 0) is 95.1 Å². The number of benzene rings is 3. The first-order valence-corrected chi connectivity index (χ1v) is 13.4. The Balaban J connectivity index is 1.40. The molecule has 0 saturated carbocycles. The summed E-state index contributed by atoms with van der Waals surface area (Å²) in [6, 6.07) is 23.3. The van der Waals surface area contributed by atoms with Crippen LogP contribution >= 0.6 is 11.6 Å². The number of halogens is 1. The molecule has 4 rings (SSSR count). The molecular formula is C31H35ClN2O5. The van der Waals surface area contributed by atoms with Crippen LogP contribution in [0.15, 0.2) is 77.2 Å². The van der Waals surface area contributed by atoms with Gasteiger partial charge in [-0.1, -0.05) is 35.9 Å². The highest BCUT2D eigenvalue weighted by Crippen LogP contribution is 2.25. The third kappa shape index (κ3) is 8.14. The largest absolute Gasteiger partial charge is 0.492 e. The predicted molar refractivity (Wildman–Crippen MR) is 154 cm³/mol. The first kappa shape index (κ1) is 28.3. The Labute approximate surface area is 234 Å². The standard InChI is InChI=1S/C31H35ClN2O5/c1-30(2,3)39-28(35)31(4,5)38-25-14-10-22(11-15-25)18-19-34(20-21-36-24-16-12-23(32)13-17-24)29-33-26-8-6-7-9-27(26)37-29/h6-17H,18-21H2,1-5H3. The van der Waals surface area contributed by atoms with Crippen molar-refractivity contribution in [1.29, 1.82) is 0 Å². The summed E-state index contributed by atoms with van der Waals surface area (Å²) >= 11 is 5.98. The zero-order chi connectivity index (χ0) is 28.0. The Hall–Kier alpha value is -3.71. The summed E-state index contributed by atoms with van der Waals surface area (Å²) in [7, 11) is 0. The van der Waals surface area contributed by atoms with Crippen LogP contribution in [0.3, 0.4) is 0 Å². The number of ether oxygens (including phenoxy) is 3. The van der Waals surface area contributed by atoms with Crippen molar-refractivity contribution < 1.29 is 23.4 Å². The van der Waals surface area contributed by atoms with Crippen LogP contribution in [-0.2, 0) is 16.0 Å². The molecule has 1 heterocycles. The average molecular weight is 551 g/mol. The van der Waals surface area contributed by atoms with Gasteiger partial charge >= 0.3 is 5.97 Å². The molecule has 0 atom stereocenters. The molecule has 0 aliphatic carbocycles. The molecule has 206 valence electrons. The number of hydrogen-bond donors (Lipinski definition) is 0. The molecule has 39 heavy (non-hydrogen) atoms. The monoisotopic (exact) mass is 550 g/mol. The Bertz CT molecular complexity index is 1340. The number of carbonyl (C=O) groups excluding carboxylic acids is 1. The van der Waals surface area contributed by atoms with E-state index in [-0.39, 0.29) is 0 Å². The van der Waals surface area contributed by atoms with Gasteiger partial charge in [0.25, 0.3) is 6.01 Å². The lowest BCUT2D eigenvalue weighted by Crippen LogP contribution is -2.43. The SMILES string of the molecule is CC(C)(C)OC(=O)C(C)(C)Oc1ccc(CCN(CCOc2ccc(Cl)cc2)c2nc3ccccc3o2)cc1. The Kier molecular flexibility index (Phi) is 8.70. The maximum absolute atomic E-state index is 12.5. The molecule has 0 unspecified atom stereocenters. The maximum Gasteiger partial charge on any atom is 0.350 e. The maximum atomic E-state index is 12.5. The quantitative estimate of drug-likeness (QED) is 0.184. The zero-order valence-electron chi connectivity index (χ0n) is 23.1. The number of rotatable bonds is 11. The van der Waals surface area contributed by atoms with Gasteiger partial charge in [0, 0.05) is 11.6 Å². The van der Waals surface area contributed by atoms with Gasteiger partial charge in [-0.3, -0.25) is 0 Å². The number of fused-ring (bicyclic) bond motifs is 1. The highest BCUT2D eigenvalue weighted by atomic mass is 35.5. The second-order valence-electron chi connectivity index (χ2n) is 10.8. The zero-order valence-corrected chi connectivity index (χ0v) is 23.8. The van der Waals surface area contributed by atoms with Crippen LogP contribution in [0.5, 0.6) is 11.5 Å². The summed E-state index contributed by atoms with van der Waals surface area (Å²) in [4.78, 5) is 19.3. The molecular weight excluding hydrogens is 516 g/mol. The van der Waals surface area contributed by atoms with Crippen LogP contribution < -0.4 is 14.4 Å². The number of hydrogen-bond acceptors (Lipinski definition) is 7. The molecule has 0 saturated heterocycles. The van der Waals surface area contributed by atoms with E-state index in [4.69, 9.17) is 30.2 Å². The molecule has 0 aliphatic rings. The summed E-state index contributed by atoms with van der Waals surface area (Å²) < 4.78 is 23.4. The summed E-state index contributed by atoms with van der Waals surface area (Å²) in [5.41, 5.74) is 0.970. The minimum Gasteiger partial charge on any atom is -0.492 e. The van der Waals surface area contributed by atoms with Crippen molar-refractivity contribution in [1.82, 2.24) is 4.98 Å². The van der Waals surface area contributed by atoms with Crippen LogP contribution in [0.4, 0.5) is 6.01 Å². The van der Waals surface area contributed by atoms with Crippen molar-refractivity contribution in [3.8, 4) is 11.5 Å². The van der Waals surface area contributed by atoms with Gasteiger partial charge < -0.3 is 23.5 Å². The van der Waals surface area contributed by atoms with Gasteiger partial charge in [-0.2, -0.15) is 4.98 Å². The van der Waals surface area contributed by atoms with Crippen LogP contribution in [0.2, 0.25) is 5.02 Å². The molecule has 0 bridgehead atoms. The summed E-state index contributed by atoms with van der Waals surface area (Å²) in [6.07, 6.45) is 0.745. The molecule has 1 aromatic heterocycles. The first-order valence-electron chi connectivity index (χ1n) is 13.0. The number of oxazole rings is 1. The molecule has 8 heteroatoms. The topological polar surface area (TPSA) is 74.0 Å². The van der Waals surface area contributed by atoms with Crippen molar-refractivity contribution in [3.63, 3.8) is 0 Å². The Morgan fingerprint density at radius 2 is 1.56 bits per heavy atom. The van der Waals surface area contributed by atoms with Crippen molar-refractivity contribution in [3.05, 3.63) is 83.4 Å². The van der Waals surface area contributed by atoms with Crippen LogP contribution in [0.25, 0.3) is 11.1 Å². The van der Waals surface area contributed by atoms with Gasteiger partial charge in [0.2, 0.25) is 0 Å². The van der Waals surface area contributed by atoms with E-state index in [9.17, 15) is 4.79 Å². The minimum absolute atomic E-state index is 0.408. The van der Waals surface area contributed by atoms with E-state index in [1.165, 1.54) is 0 Å². The van der Waals surface area contributed by atoms with Crippen LogP contribution in [0.1, 0.15) is 40.2 Å². The van der Waals surface area contributed by atoms with Crippen molar-refractivity contribution >= 4 is 34.7 Å². The second-order valence-corrected chi connectivity index (χ2v) is 11.2. The van der Waals surface area contributed by atoms with E-state index in [0.29, 0.717) is 36.5 Å². The molecule has 4 aromatic rings. The molecule has 7 nitrogen and oxygen atoms in total. The molecule has 0 fully saturated rings. The number of para-hydroxylation sites is 2. The lowest BCUT2D eigenvalue weighted by Gasteiger charge is -2.29. The number of aromatic nitrogens is 1. The predicted octanol–water partition coefficient (Wildman–Crippen LogP) is 7.11. The summed E-state index contributed by atoms with van der Waals surface area (Å²) in [5.74, 6) is 0.942. The molecule has 0 aliphatic heterocycles. The average Bonchev–Trinajstić information content (AvgIpc) is 3.31. The smallest absolute Gasteiger partial charge is 0.350 e. The lowest BCUT2D eigenvalue weighted by atomic mass is 10.1. The minimum atomic E-state index is -1.11. The third-order valence-electron chi connectivity index (χ3n) is 5.85. The van der Waals surface area contributed by atoms with Gasteiger partial charge in [-0.25, -0.2) is 4.79 Å². The fourth-order valence-corrected chi connectivity index (χ4v) is 3.95. The fourth-order valence-electron chi connectivity index (χ4n) is 3.83. The molecule has 0 radical (unpaired) electrons. The van der Waals surface area contributed by atoms with Gasteiger partial charge in [-0.15, -0.1) is 0 Å². The van der Waals surface area contributed by atoms with E-state index >= 15 is 0 Å². The van der Waals surface area contributed by atoms with E-state index in [2.05, 4.69) is 9.88 Å². The third-order valence-corrected chi connectivity index (χ3v) is 6.11. The molecule has 0 amide bonds. The lowest BCUT2D eigenvalue weighted by molar-refractivity contribution is -0.170. The Morgan fingerprint density at radius 3 is 2.23 bits per heavy atom. The highest BCUT2D eigenvalue weighted by molar-refractivity contribution is 6.30. The fraction of sp³-hybridized carbons (Fsp3) is 0.355. The number of nitrogens with zero attached hydrogens (tertiary/aromatic N) is 2. The van der Waals surface area contributed by atoms with Gasteiger partial charge in [0.1, 0.15) is 29.2 Å². The summed E-state index contributed by atoms with van der Waals surface area (Å²) in [5, 5.41) is 0.667. The normalized spacial score (nSPS) is 11.8. The Morgan fingerprint density at radius 1 is 0.897 bits per heavy atom. The summed E-state index contributed by atoms with van der Waals surface area (Å²) in [6.45, 7) is 10.6. The van der Waals surface area contributed by atoms with Crippen LogP contribution in [-0.4, -0.2) is 41.9 Å². The van der Waals surface area contributed by atoms with Gasteiger partial charge in [0.05, 0.1) is 6.54 Å². The van der Waals surface area contributed by atoms with Gasteiger partial charge in [0.15, 0.2) is 11.2 Å². The number of esters is 1. The van der Waals surface area contributed by atoms with Crippen molar-refractivity contribution in [2.24, 2.45) is 0 Å². The first-order chi connectivity index (χ1) is 18.5.